The Morgan fingerprint density at radius 2 is 1.62 bits per heavy atom. The Morgan fingerprint density at radius 1 is 0.931 bits per heavy atom. The van der Waals surface area contributed by atoms with Crippen molar-refractivity contribution in [3.8, 4) is 0 Å². The van der Waals surface area contributed by atoms with Crippen molar-refractivity contribution in [2.45, 2.75) is 30.7 Å². The molecule has 1 aliphatic rings. The van der Waals surface area contributed by atoms with Gasteiger partial charge >= 0.3 is 11.8 Å². The fourth-order valence-electron chi connectivity index (χ4n) is 2.36. The monoisotopic (exact) mass is 416 g/mol. The summed E-state index contributed by atoms with van der Waals surface area (Å²) in [6, 6.07) is 12.1. The first kappa shape index (κ1) is 20.3. The van der Waals surface area contributed by atoms with Crippen LogP contribution in [-0.2, 0) is 19.6 Å². The Bertz CT molecular complexity index is 1050. The molecule has 1 saturated carbocycles. The van der Waals surface area contributed by atoms with Crippen molar-refractivity contribution in [3.05, 3.63) is 59.7 Å². The largest absolute Gasteiger partial charge is 0.345 e. The molecule has 0 bridgehead atoms. The van der Waals surface area contributed by atoms with Gasteiger partial charge in [0.25, 0.3) is 15.9 Å². The van der Waals surface area contributed by atoms with Crippen molar-refractivity contribution in [1.29, 1.82) is 0 Å². The van der Waals surface area contributed by atoms with Crippen LogP contribution in [0.25, 0.3) is 0 Å². The number of nitrogens with one attached hydrogen (secondary N) is 4. The zero-order chi connectivity index (χ0) is 21.0. The number of carbonyl (C=O) groups is 3. The molecule has 2 aromatic carbocycles. The molecule has 0 atom stereocenters. The van der Waals surface area contributed by atoms with Gasteiger partial charge in [0.1, 0.15) is 0 Å². The third-order valence-corrected chi connectivity index (χ3v) is 5.50. The number of hydrogen-bond acceptors (Lipinski definition) is 5. The summed E-state index contributed by atoms with van der Waals surface area (Å²) in [5.41, 5.74) is 5.47. The smallest absolute Gasteiger partial charge is 0.327 e. The predicted molar refractivity (Wildman–Crippen MR) is 105 cm³/mol. The van der Waals surface area contributed by atoms with Gasteiger partial charge in [-0.25, -0.2) is 8.42 Å². The number of hydrazine groups is 1. The van der Waals surface area contributed by atoms with Crippen LogP contribution in [0, 0.1) is 6.92 Å². The van der Waals surface area contributed by atoms with E-state index < -0.39 is 27.7 Å². The maximum atomic E-state index is 12.6. The van der Waals surface area contributed by atoms with Gasteiger partial charge in [0.15, 0.2) is 0 Å². The molecule has 0 radical (unpaired) electrons. The van der Waals surface area contributed by atoms with Gasteiger partial charge in [-0.05, 0) is 50.1 Å². The molecule has 0 spiro atoms. The molecule has 0 heterocycles. The second-order valence-electron chi connectivity index (χ2n) is 6.66. The van der Waals surface area contributed by atoms with Crippen LogP contribution in [0.15, 0.2) is 53.4 Å². The summed E-state index contributed by atoms with van der Waals surface area (Å²) >= 11 is 0. The summed E-state index contributed by atoms with van der Waals surface area (Å²) in [7, 11) is -3.91. The van der Waals surface area contributed by atoms with Gasteiger partial charge < -0.3 is 5.32 Å². The number of anilines is 1. The van der Waals surface area contributed by atoms with Gasteiger partial charge in [0.2, 0.25) is 0 Å². The maximum absolute atomic E-state index is 12.6. The van der Waals surface area contributed by atoms with Gasteiger partial charge in [0.05, 0.1) is 4.90 Å². The van der Waals surface area contributed by atoms with Crippen molar-refractivity contribution in [3.63, 3.8) is 0 Å². The van der Waals surface area contributed by atoms with E-state index in [0.29, 0.717) is 5.69 Å². The Hall–Kier alpha value is -3.40. The average Bonchev–Trinajstić information content (AvgIpc) is 3.51. The Morgan fingerprint density at radius 3 is 2.28 bits per heavy atom. The second kappa shape index (κ2) is 8.31. The van der Waals surface area contributed by atoms with Crippen molar-refractivity contribution in [2.75, 3.05) is 4.72 Å². The Balaban J connectivity index is 1.64. The van der Waals surface area contributed by atoms with Crippen molar-refractivity contribution < 1.29 is 22.8 Å². The number of carbonyl (C=O) groups excluding carboxylic acids is 3. The first-order chi connectivity index (χ1) is 13.7. The van der Waals surface area contributed by atoms with E-state index in [0.717, 1.165) is 18.4 Å². The third kappa shape index (κ3) is 5.55. The molecule has 0 unspecified atom stereocenters. The lowest BCUT2D eigenvalue weighted by atomic mass is 10.2. The highest BCUT2D eigenvalue weighted by Crippen LogP contribution is 2.18. The first-order valence-electron chi connectivity index (χ1n) is 8.85. The van der Waals surface area contributed by atoms with Crippen LogP contribution in [0.2, 0.25) is 0 Å². The van der Waals surface area contributed by atoms with Crippen LogP contribution in [0.4, 0.5) is 5.69 Å². The summed E-state index contributed by atoms with van der Waals surface area (Å²) in [6.45, 7) is 1.88. The molecule has 4 N–H and O–H groups in total. The highest BCUT2D eigenvalue weighted by molar-refractivity contribution is 7.92. The van der Waals surface area contributed by atoms with Crippen molar-refractivity contribution in [2.24, 2.45) is 0 Å². The lowest BCUT2D eigenvalue weighted by molar-refractivity contribution is -0.139. The standard InChI is InChI=1S/C19H20N4O5S/c1-12-5-7-15(8-6-12)23-29(27,28)16-4-2-3-13(11-16)17(24)21-22-19(26)18(25)20-14-9-10-14/h2-8,11,14,23H,9-10H2,1H3,(H,20,25)(H,21,24)(H,22,26). The first-order valence-corrected chi connectivity index (χ1v) is 10.3. The minimum atomic E-state index is -3.91. The van der Waals surface area contributed by atoms with Crippen LogP contribution >= 0.6 is 0 Å². The van der Waals surface area contributed by atoms with E-state index in [1.54, 1.807) is 24.3 Å². The van der Waals surface area contributed by atoms with E-state index in [9.17, 15) is 22.8 Å². The quantitative estimate of drug-likeness (QED) is 0.423. The lowest BCUT2D eigenvalue weighted by Gasteiger charge is -2.10. The average molecular weight is 416 g/mol. The topological polar surface area (TPSA) is 133 Å². The summed E-state index contributed by atoms with van der Waals surface area (Å²) in [5.74, 6) is -2.61. The molecule has 1 fully saturated rings. The zero-order valence-electron chi connectivity index (χ0n) is 15.6. The molecule has 9 nitrogen and oxygen atoms in total. The maximum Gasteiger partial charge on any atom is 0.327 e. The number of rotatable bonds is 5. The molecule has 29 heavy (non-hydrogen) atoms. The second-order valence-corrected chi connectivity index (χ2v) is 8.34. The van der Waals surface area contributed by atoms with E-state index in [1.165, 1.54) is 24.3 Å². The predicted octanol–water partition coefficient (Wildman–Crippen LogP) is 0.835. The number of benzene rings is 2. The van der Waals surface area contributed by atoms with E-state index in [4.69, 9.17) is 0 Å². The SMILES string of the molecule is Cc1ccc(NS(=O)(=O)c2cccc(C(=O)NNC(=O)C(=O)NC3CC3)c2)cc1. The summed E-state index contributed by atoms with van der Waals surface area (Å²) < 4.78 is 27.6. The molecular formula is C19H20N4O5S. The van der Waals surface area contributed by atoms with Crippen LogP contribution in [0.1, 0.15) is 28.8 Å². The molecule has 10 heteroatoms. The minimum Gasteiger partial charge on any atom is -0.345 e. The summed E-state index contributed by atoms with van der Waals surface area (Å²) in [4.78, 5) is 35.3. The van der Waals surface area contributed by atoms with Gasteiger partial charge in [-0.2, -0.15) is 0 Å². The number of sulfonamides is 1. The summed E-state index contributed by atoms with van der Waals surface area (Å²) in [6.07, 6.45) is 1.65. The fourth-order valence-corrected chi connectivity index (χ4v) is 3.47. The molecule has 152 valence electrons. The van der Waals surface area contributed by atoms with Crippen LogP contribution in [-0.4, -0.2) is 32.2 Å². The fraction of sp³-hybridized carbons (Fsp3) is 0.211. The zero-order valence-corrected chi connectivity index (χ0v) is 16.4. The molecule has 2 aromatic rings. The van der Waals surface area contributed by atoms with Crippen molar-refractivity contribution in [1.82, 2.24) is 16.2 Å². The highest BCUT2D eigenvalue weighted by Gasteiger charge is 2.26. The van der Waals surface area contributed by atoms with E-state index in [2.05, 4.69) is 15.5 Å². The highest BCUT2D eigenvalue weighted by atomic mass is 32.2. The van der Waals surface area contributed by atoms with Gasteiger partial charge in [-0.3, -0.25) is 30.0 Å². The molecule has 1 aliphatic carbocycles. The molecule has 0 aliphatic heterocycles. The van der Waals surface area contributed by atoms with Gasteiger partial charge in [-0.1, -0.05) is 23.8 Å². The van der Waals surface area contributed by atoms with Crippen LogP contribution in [0.5, 0.6) is 0 Å². The molecule has 0 aromatic heterocycles. The normalized spacial score (nSPS) is 13.3. The molecule has 3 amide bonds. The number of aryl methyl sites for hydroxylation is 1. The lowest BCUT2D eigenvalue weighted by Crippen LogP contribution is -2.49. The summed E-state index contributed by atoms with van der Waals surface area (Å²) in [5, 5.41) is 2.48. The molecule has 0 saturated heterocycles. The number of amides is 3. The molecule has 3 rings (SSSR count). The van der Waals surface area contributed by atoms with Gasteiger partial charge in [-0.15, -0.1) is 0 Å². The van der Waals surface area contributed by atoms with Gasteiger partial charge in [0, 0.05) is 17.3 Å². The third-order valence-electron chi connectivity index (χ3n) is 4.12. The molecular weight excluding hydrogens is 396 g/mol. The van der Waals surface area contributed by atoms with E-state index in [1.807, 2.05) is 12.3 Å². The van der Waals surface area contributed by atoms with Crippen LogP contribution in [0.3, 0.4) is 0 Å². The van der Waals surface area contributed by atoms with Crippen LogP contribution < -0.4 is 20.9 Å². The van der Waals surface area contributed by atoms with E-state index >= 15 is 0 Å². The number of hydrogen-bond donors (Lipinski definition) is 4. The Labute approximate surface area is 167 Å². The minimum absolute atomic E-state index is 0.000294. The Kier molecular flexibility index (Phi) is 5.83. The van der Waals surface area contributed by atoms with E-state index in [-0.39, 0.29) is 16.5 Å². The van der Waals surface area contributed by atoms with Crippen molar-refractivity contribution >= 4 is 33.4 Å².